The molecule has 0 aliphatic heterocycles. The lowest BCUT2D eigenvalue weighted by molar-refractivity contribution is 0.130. The van der Waals surface area contributed by atoms with Gasteiger partial charge >= 0.3 is 0 Å². The van der Waals surface area contributed by atoms with Crippen molar-refractivity contribution >= 4 is 32.7 Å². The van der Waals surface area contributed by atoms with Gasteiger partial charge in [0.1, 0.15) is 17.9 Å². The summed E-state index contributed by atoms with van der Waals surface area (Å²) in [5.74, 6) is 1.66. The van der Waals surface area contributed by atoms with Gasteiger partial charge in [-0.2, -0.15) is 0 Å². The van der Waals surface area contributed by atoms with E-state index in [0.717, 1.165) is 32.5 Å². The molecule has 0 fully saturated rings. The van der Waals surface area contributed by atoms with E-state index in [-0.39, 0.29) is 0 Å². The van der Waals surface area contributed by atoms with Crippen LogP contribution < -0.4 is 10.1 Å². The van der Waals surface area contributed by atoms with Gasteiger partial charge in [0.15, 0.2) is 0 Å². The molecular formula is C18H18BrN3O2. The van der Waals surface area contributed by atoms with Crippen molar-refractivity contribution in [2.24, 2.45) is 0 Å². The smallest absolute Gasteiger partial charge is 0.137 e. The molecule has 1 N–H and O–H groups in total. The first kappa shape index (κ1) is 16.7. The average Bonchev–Trinajstić information content (AvgIpc) is 2.62. The summed E-state index contributed by atoms with van der Waals surface area (Å²) in [6.07, 6.45) is 1.57. The Morgan fingerprint density at radius 3 is 2.71 bits per heavy atom. The number of fused-ring (bicyclic) bond motifs is 1. The summed E-state index contributed by atoms with van der Waals surface area (Å²) in [4.78, 5) is 8.58. The highest BCUT2D eigenvalue weighted by molar-refractivity contribution is 9.10. The van der Waals surface area contributed by atoms with E-state index in [0.29, 0.717) is 19.8 Å². The summed E-state index contributed by atoms with van der Waals surface area (Å²) in [5, 5.41) is 4.29. The van der Waals surface area contributed by atoms with Crippen LogP contribution in [0.15, 0.2) is 53.3 Å². The van der Waals surface area contributed by atoms with Crippen LogP contribution in [0.2, 0.25) is 0 Å². The second-order valence-electron chi connectivity index (χ2n) is 5.21. The van der Waals surface area contributed by atoms with Gasteiger partial charge in [0.25, 0.3) is 0 Å². The van der Waals surface area contributed by atoms with Gasteiger partial charge in [-0.3, -0.25) is 0 Å². The zero-order valence-corrected chi connectivity index (χ0v) is 14.9. The normalized spacial score (nSPS) is 10.8. The third kappa shape index (κ3) is 4.21. The fourth-order valence-electron chi connectivity index (χ4n) is 2.32. The van der Waals surface area contributed by atoms with Crippen molar-refractivity contribution < 1.29 is 9.47 Å². The predicted molar refractivity (Wildman–Crippen MR) is 98.4 cm³/mol. The van der Waals surface area contributed by atoms with Crippen molar-refractivity contribution in [2.45, 2.75) is 6.61 Å². The highest BCUT2D eigenvalue weighted by atomic mass is 79.9. The maximum atomic E-state index is 5.69. The second-order valence-corrected chi connectivity index (χ2v) is 6.13. The molecule has 124 valence electrons. The summed E-state index contributed by atoms with van der Waals surface area (Å²) in [7, 11) is 1.66. The fourth-order valence-corrected chi connectivity index (χ4v) is 2.68. The summed E-state index contributed by atoms with van der Waals surface area (Å²) >= 11 is 3.48. The van der Waals surface area contributed by atoms with Crippen LogP contribution in [0.3, 0.4) is 0 Å². The standard InChI is InChI=1S/C18H18BrN3O2/c1-23-15-5-2-13(3-6-15)11-24-9-8-20-18-16-10-14(19)4-7-17(16)21-12-22-18/h2-7,10,12H,8-9,11H2,1H3,(H,20,21,22). The van der Waals surface area contributed by atoms with E-state index in [1.165, 1.54) is 0 Å². The van der Waals surface area contributed by atoms with Gasteiger partial charge < -0.3 is 14.8 Å². The number of methoxy groups -OCH3 is 1. The molecule has 0 amide bonds. The molecule has 0 saturated heterocycles. The molecule has 0 aliphatic rings. The van der Waals surface area contributed by atoms with Gasteiger partial charge in [-0.15, -0.1) is 0 Å². The van der Waals surface area contributed by atoms with Crippen molar-refractivity contribution in [3.8, 4) is 5.75 Å². The van der Waals surface area contributed by atoms with E-state index in [9.17, 15) is 0 Å². The van der Waals surface area contributed by atoms with Gasteiger partial charge in [-0.25, -0.2) is 9.97 Å². The van der Waals surface area contributed by atoms with Crippen LogP contribution in [0.1, 0.15) is 5.56 Å². The van der Waals surface area contributed by atoms with Crippen molar-refractivity contribution in [1.29, 1.82) is 0 Å². The van der Waals surface area contributed by atoms with Gasteiger partial charge in [0.05, 0.1) is 25.8 Å². The first-order valence-electron chi connectivity index (χ1n) is 7.61. The van der Waals surface area contributed by atoms with Crippen molar-refractivity contribution in [3.63, 3.8) is 0 Å². The Kier molecular flexibility index (Phi) is 5.61. The van der Waals surface area contributed by atoms with Crippen LogP contribution in [0, 0.1) is 0 Å². The van der Waals surface area contributed by atoms with E-state index < -0.39 is 0 Å². The quantitative estimate of drug-likeness (QED) is 0.620. The van der Waals surface area contributed by atoms with Gasteiger partial charge in [0.2, 0.25) is 0 Å². The Hall–Kier alpha value is -2.18. The van der Waals surface area contributed by atoms with E-state index in [1.54, 1.807) is 13.4 Å². The van der Waals surface area contributed by atoms with Crippen LogP contribution in [-0.2, 0) is 11.3 Å². The number of anilines is 1. The third-order valence-corrected chi connectivity index (χ3v) is 4.06. The van der Waals surface area contributed by atoms with Crippen LogP contribution in [0.5, 0.6) is 5.75 Å². The number of nitrogens with zero attached hydrogens (tertiary/aromatic N) is 2. The van der Waals surface area contributed by atoms with Gasteiger partial charge in [-0.1, -0.05) is 28.1 Å². The summed E-state index contributed by atoms with van der Waals surface area (Å²) in [5.41, 5.74) is 2.03. The second kappa shape index (κ2) is 8.08. The minimum absolute atomic E-state index is 0.571. The van der Waals surface area contributed by atoms with E-state index in [2.05, 4.69) is 31.2 Å². The number of aromatic nitrogens is 2. The Morgan fingerprint density at radius 2 is 1.92 bits per heavy atom. The molecule has 24 heavy (non-hydrogen) atoms. The van der Waals surface area contributed by atoms with Crippen LogP contribution in [0.4, 0.5) is 5.82 Å². The number of hydrogen-bond acceptors (Lipinski definition) is 5. The molecule has 0 saturated carbocycles. The Morgan fingerprint density at radius 1 is 1.08 bits per heavy atom. The zero-order chi connectivity index (χ0) is 16.8. The summed E-state index contributed by atoms with van der Waals surface area (Å²) < 4.78 is 11.8. The molecule has 1 aromatic heterocycles. The molecule has 5 nitrogen and oxygen atoms in total. The van der Waals surface area contributed by atoms with E-state index in [1.807, 2.05) is 42.5 Å². The monoisotopic (exact) mass is 387 g/mol. The molecule has 3 aromatic rings. The summed E-state index contributed by atoms with van der Waals surface area (Å²) in [6, 6.07) is 13.8. The molecule has 0 aliphatic carbocycles. The number of nitrogens with one attached hydrogen (secondary N) is 1. The maximum absolute atomic E-state index is 5.69. The molecule has 0 atom stereocenters. The zero-order valence-electron chi connectivity index (χ0n) is 13.3. The summed E-state index contributed by atoms with van der Waals surface area (Å²) in [6.45, 7) is 1.84. The molecule has 6 heteroatoms. The largest absolute Gasteiger partial charge is 0.497 e. The van der Waals surface area contributed by atoms with E-state index in [4.69, 9.17) is 9.47 Å². The molecular weight excluding hydrogens is 370 g/mol. The fraction of sp³-hybridized carbons (Fsp3) is 0.222. The minimum atomic E-state index is 0.571. The first-order chi connectivity index (χ1) is 11.8. The molecule has 0 bridgehead atoms. The Bertz CT molecular complexity index is 809. The van der Waals surface area contributed by atoms with Crippen LogP contribution in [0.25, 0.3) is 10.9 Å². The molecule has 1 heterocycles. The number of benzene rings is 2. The Balaban J connectivity index is 1.50. The topological polar surface area (TPSA) is 56.3 Å². The lowest BCUT2D eigenvalue weighted by Crippen LogP contribution is -2.10. The molecule has 0 radical (unpaired) electrons. The van der Waals surface area contributed by atoms with E-state index >= 15 is 0 Å². The predicted octanol–water partition coefficient (Wildman–Crippen LogP) is 4.03. The van der Waals surface area contributed by atoms with Crippen LogP contribution in [-0.4, -0.2) is 30.2 Å². The molecule has 3 rings (SSSR count). The number of ether oxygens (including phenoxy) is 2. The molecule has 0 spiro atoms. The number of hydrogen-bond donors (Lipinski definition) is 1. The van der Waals surface area contributed by atoms with Crippen molar-refractivity contribution in [3.05, 3.63) is 58.8 Å². The minimum Gasteiger partial charge on any atom is -0.497 e. The number of rotatable bonds is 7. The van der Waals surface area contributed by atoms with Crippen molar-refractivity contribution in [2.75, 3.05) is 25.6 Å². The highest BCUT2D eigenvalue weighted by Gasteiger charge is 2.03. The lowest BCUT2D eigenvalue weighted by Gasteiger charge is -2.09. The lowest BCUT2D eigenvalue weighted by atomic mass is 10.2. The van der Waals surface area contributed by atoms with Gasteiger partial charge in [0, 0.05) is 16.4 Å². The first-order valence-corrected chi connectivity index (χ1v) is 8.40. The van der Waals surface area contributed by atoms with Crippen molar-refractivity contribution in [1.82, 2.24) is 9.97 Å². The number of halogens is 1. The van der Waals surface area contributed by atoms with Crippen LogP contribution >= 0.6 is 15.9 Å². The highest BCUT2D eigenvalue weighted by Crippen LogP contribution is 2.23. The third-order valence-electron chi connectivity index (χ3n) is 3.56. The maximum Gasteiger partial charge on any atom is 0.137 e. The Labute approximate surface area is 149 Å². The molecule has 0 unspecified atom stereocenters. The average molecular weight is 388 g/mol. The SMILES string of the molecule is COc1ccc(COCCNc2ncnc3ccc(Br)cc23)cc1. The van der Waals surface area contributed by atoms with Gasteiger partial charge in [-0.05, 0) is 35.9 Å². The molecule has 2 aromatic carbocycles.